The van der Waals surface area contributed by atoms with Crippen LogP contribution in [0.25, 0.3) is 0 Å². The summed E-state index contributed by atoms with van der Waals surface area (Å²) in [6.07, 6.45) is 12.8. The molecule has 0 aromatic carbocycles. The summed E-state index contributed by atoms with van der Waals surface area (Å²) < 4.78 is 0. The lowest BCUT2D eigenvalue weighted by molar-refractivity contribution is 0.0450. The first kappa shape index (κ1) is 9.87. The van der Waals surface area contributed by atoms with Gasteiger partial charge in [-0.2, -0.15) is 0 Å². The molecule has 0 spiro atoms. The molecular weight excluding hydrogens is 204 g/mol. The lowest BCUT2D eigenvalue weighted by Crippen LogP contribution is -2.37. The van der Waals surface area contributed by atoms with Crippen molar-refractivity contribution in [3.63, 3.8) is 0 Å². The summed E-state index contributed by atoms with van der Waals surface area (Å²) in [5, 5.41) is 0. The predicted molar refractivity (Wildman–Crippen MR) is 69.5 cm³/mol. The van der Waals surface area contributed by atoms with Crippen molar-refractivity contribution in [1.29, 1.82) is 0 Å². The van der Waals surface area contributed by atoms with Crippen LogP contribution in [0.5, 0.6) is 0 Å². The van der Waals surface area contributed by atoms with Crippen LogP contribution in [0, 0.1) is 46.8 Å². The molecule has 0 heterocycles. The van der Waals surface area contributed by atoms with Crippen molar-refractivity contribution >= 4 is 0 Å². The first-order chi connectivity index (χ1) is 8.27. The second-order valence-electron chi connectivity index (χ2n) is 8.43. The van der Waals surface area contributed by atoms with Crippen LogP contribution in [0.4, 0.5) is 0 Å². The summed E-state index contributed by atoms with van der Waals surface area (Å²) in [5.41, 5.74) is 0.829. The standard InChI is InChI=1S/C17H26/c1-17-5-3-2-4-15(17)16(17)12-6-10(7-12)13-8-11-9-14(11)13/h10-16H,2-9H2,1H3. The van der Waals surface area contributed by atoms with Crippen LogP contribution in [-0.2, 0) is 0 Å². The van der Waals surface area contributed by atoms with Gasteiger partial charge in [-0.1, -0.05) is 19.8 Å². The topological polar surface area (TPSA) is 0 Å². The van der Waals surface area contributed by atoms with E-state index in [2.05, 4.69) is 6.92 Å². The Bertz CT molecular complexity index is 353. The van der Waals surface area contributed by atoms with Gasteiger partial charge in [-0.3, -0.25) is 0 Å². The third kappa shape index (κ3) is 1.16. The normalized spacial score (nSPS) is 67.2. The van der Waals surface area contributed by atoms with Crippen molar-refractivity contribution in [2.75, 3.05) is 0 Å². The molecule has 5 saturated carbocycles. The van der Waals surface area contributed by atoms with Gasteiger partial charge in [0.2, 0.25) is 0 Å². The lowest BCUT2D eigenvalue weighted by Gasteiger charge is -2.45. The van der Waals surface area contributed by atoms with Gasteiger partial charge in [0.05, 0.1) is 0 Å². The Labute approximate surface area is 106 Å². The van der Waals surface area contributed by atoms with Crippen LogP contribution < -0.4 is 0 Å². The van der Waals surface area contributed by atoms with Crippen molar-refractivity contribution in [3.05, 3.63) is 0 Å². The molecule has 6 unspecified atom stereocenters. The Kier molecular flexibility index (Phi) is 1.71. The first-order valence-electron chi connectivity index (χ1n) is 8.27. The molecule has 94 valence electrons. The zero-order valence-corrected chi connectivity index (χ0v) is 11.2. The van der Waals surface area contributed by atoms with E-state index >= 15 is 0 Å². The highest BCUT2D eigenvalue weighted by Gasteiger charge is 2.66. The molecule has 5 fully saturated rings. The maximum absolute atomic E-state index is 2.62. The van der Waals surface area contributed by atoms with Crippen molar-refractivity contribution in [2.45, 2.75) is 58.3 Å². The second kappa shape index (κ2) is 2.94. The van der Waals surface area contributed by atoms with Crippen LogP contribution >= 0.6 is 0 Å². The third-order valence-corrected chi connectivity index (χ3v) is 7.84. The fourth-order valence-electron chi connectivity index (χ4n) is 6.59. The summed E-state index contributed by atoms with van der Waals surface area (Å²) in [4.78, 5) is 0. The van der Waals surface area contributed by atoms with Crippen molar-refractivity contribution in [2.24, 2.45) is 46.8 Å². The second-order valence-corrected chi connectivity index (χ2v) is 8.43. The van der Waals surface area contributed by atoms with E-state index < -0.39 is 0 Å². The molecule has 5 aliphatic carbocycles. The van der Waals surface area contributed by atoms with Crippen LogP contribution in [0.3, 0.4) is 0 Å². The van der Waals surface area contributed by atoms with Gasteiger partial charge in [-0.15, -0.1) is 0 Å². The van der Waals surface area contributed by atoms with Crippen molar-refractivity contribution < 1.29 is 0 Å². The van der Waals surface area contributed by atoms with Gasteiger partial charge < -0.3 is 0 Å². The highest BCUT2D eigenvalue weighted by atomic mass is 14.7. The monoisotopic (exact) mass is 230 g/mol. The Morgan fingerprint density at radius 3 is 2.12 bits per heavy atom. The van der Waals surface area contributed by atoms with Gasteiger partial charge in [-0.05, 0) is 85.4 Å². The lowest BCUT2D eigenvalue weighted by atomic mass is 9.60. The van der Waals surface area contributed by atoms with Crippen LogP contribution in [0.15, 0.2) is 0 Å². The van der Waals surface area contributed by atoms with Gasteiger partial charge in [0.25, 0.3) is 0 Å². The summed E-state index contributed by atoms with van der Waals surface area (Å²) in [6.45, 7) is 2.62. The van der Waals surface area contributed by atoms with E-state index in [0.717, 1.165) is 11.3 Å². The molecular formula is C17H26. The molecule has 0 N–H and O–H groups in total. The Morgan fingerprint density at radius 2 is 1.53 bits per heavy atom. The molecule has 6 atom stereocenters. The Morgan fingerprint density at radius 1 is 0.824 bits per heavy atom. The summed E-state index contributed by atoms with van der Waals surface area (Å²) in [7, 11) is 0. The van der Waals surface area contributed by atoms with Crippen molar-refractivity contribution in [1.82, 2.24) is 0 Å². The largest absolute Gasteiger partial charge is 0.0591 e. The highest BCUT2D eigenvalue weighted by molar-refractivity contribution is 5.15. The predicted octanol–water partition coefficient (Wildman–Crippen LogP) is 4.49. The molecule has 0 heteroatoms. The number of fused-ring (bicyclic) bond motifs is 2. The molecule has 17 heavy (non-hydrogen) atoms. The molecule has 0 aliphatic heterocycles. The summed E-state index contributed by atoms with van der Waals surface area (Å²) in [6, 6.07) is 0. The van der Waals surface area contributed by atoms with E-state index in [1.807, 2.05) is 0 Å². The van der Waals surface area contributed by atoms with E-state index in [1.165, 1.54) is 41.9 Å². The van der Waals surface area contributed by atoms with Crippen LogP contribution in [0.2, 0.25) is 0 Å². The smallest absolute Gasteiger partial charge is 0.0261 e. The van der Waals surface area contributed by atoms with E-state index in [-0.39, 0.29) is 0 Å². The third-order valence-electron chi connectivity index (χ3n) is 7.84. The Balaban J connectivity index is 1.22. The van der Waals surface area contributed by atoms with Crippen LogP contribution in [-0.4, -0.2) is 0 Å². The molecule has 0 radical (unpaired) electrons. The van der Waals surface area contributed by atoms with Crippen LogP contribution in [0.1, 0.15) is 58.3 Å². The van der Waals surface area contributed by atoms with E-state index in [9.17, 15) is 0 Å². The fourth-order valence-corrected chi connectivity index (χ4v) is 6.59. The minimum Gasteiger partial charge on any atom is -0.0591 e. The van der Waals surface area contributed by atoms with E-state index in [1.54, 1.807) is 44.9 Å². The van der Waals surface area contributed by atoms with E-state index in [4.69, 9.17) is 0 Å². The Hall–Kier alpha value is 0. The van der Waals surface area contributed by atoms with Gasteiger partial charge in [0.15, 0.2) is 0 Å². The molecule has 5 aliphatic rings. The molecule has 0 saturated heterocycles. The maximum Gasteiger partial charge on any atom is -0.0261 e. The summed E-state index contributed by atoms with van der Waals surface area (Å²) >= 11 is 0. The quantitative estimate of drug-likeness (QED) is 0.655. The zero-order valence-electron chi connectivity index (χ0n) is 11.2. The van der Waals surface area contributed by atoms with Gasteiger partial charge in [0.1, 0.15) is 0 Å². The maximum atomic E-state index is 2.62. The number of rotatable bonds is 2. The molecule has 5 rings (SSSR count). The number of hydrogen-bond acceptors (Lipinski definition) is 0. The number of hydrogen-bond donors (Lipinski definition) is 0. The van der Waals surface area contributed by atoms with Gasteiger partial charge in [-0.25, -0.2) is 0 Å². The zero-order chi connectivity index (χ0) is 11.2. The first-order valence-corrected chi connectivity index (χ1v) is 8.27. The van der Waals surface area contributed by atoms with Gasteiger partial charge >= 0.3 is 0 Å². The summed E-state index contributed by atoms with van der Waals surface area (Å²) in [5.74, 6) is 8.37. The highest BCUT2D eigenvalue weighted by Crippen LogP contribution is 2.74. The van der Waals surface area contributed by atoms with Gasteiger partial charge in [0, 0.05) is 0 Å². The van der Waals surface area contributed by atoms with Crippen molar-refractivity contribution in [3.8, 4) is 0 Å². The average molecular weight is 230 g/mol. The molecule has 0 aromatic rings. The minimum atomic E-state index is 0.829. The van der Waals surface area contributed by atoms with E-state index in [0.29, 0.717) is 0 Å². The molecule has 0 amide bonds. The molecule has 0 bridgehead atoms. The minimum absolute atomic E-state index is 0.829. The molecule has 0 aromatic heterocycles. The SMILES string of the molecule is CC12CCCCC1C2C1CC(C2CC3CC32)C1. The fraction of sp³-hybridized carbons (Fsp3) is 1.00. The average Bonchev–Trinajstić information content (AvgIpc) is 3.05. The molecule has 0 nitrogen and oxygen atoms in total.